The molecule has 0 aliphatic carbocycles. The van der Waals surface area contributed by atoms with Gasteiger partial charge in [0.2, 0.25) is 11.8 Å². The van der Waals surface area contributed by atoms with Crippen molar-refractivity contribution in [1.82, 2.24) is 41.2 Å². The molecule has 2 aromatic heterocycles. The molecule has 18 nitrogen and oxygen atoms in total. The first kappa shape index (κ1) is 47.8. The SMILES string of the molecule is O=C(CCCNC(=O)c1ccc2nc(CC(O)C(O)CO)cnc2c1)NCCS.O=C(CCCNC(=O)c1ccc2ncc(CC(O)C(O)CO)nc2c1)NCCS. The number of nitrogens with one attached hydrogen (secondary N) is 4. The molecule has 4 amide bonds. The van der Waals surface area contributed by atoms with E-state index in [1.165, 1.54) is 12.4 Å². The van der Waals surface area contributed by atoms with Crippen molar-refractivity contribution >= 4 is 71.0 Å². The first-order valence-electron chi connectivity index (χ1n) is 18.7. The summed E-state index contributed by atoms with van der Waals surface area (Å²) in [6.07, 6.45) is -0.0910. The molecule has 0 aliphatic heterocycles. The van der Waals surface area contributed by atoms with Gasteiger partial charge in [-0.15, -0.1) is 0 Å². The second-order valence-corrected chi connectivity index (χ2v) is 13.9. The number of carbonyl (C=O) groups is 4. The number of aliphatic hydroxyl groups is 6. The minimum absolute atomic E-state index is 0.0242. The third-order valence-electron chi connectivity index (χ3n) is 8.41. The number of nitrogens with zero attached hydrogens (tertiary/aromatic N) is 4. The summed E-state index contributed by atoms with van der Waals surface area (Å²) in [5, 5.41) is 67.2. The van der Waals surface area contributed by atoms with Crippen LogP contribution in [0.2, 0.25) is 0 Å². The van der Waals surface area contributed by atoms with E-state index < -0.39 is 37.6 Å². The van der Waals surface area contributed by atoms with Crippen molar-refractivity contribution in [2.24, 2.45) is 0 Å². The lowest BCUT2D eigenvalue weighted by Crippen LogP contribution is -2.31. The fourth-order valence-electron chi connectivity index (χ4n) is 5.20. The van der Waals surface area contributed by atoms with Gasteiger partial charge >= 0.3 is 0 Å². The molecule has 0 saturated carbocycles. The smallest absolute Gasteiger partial charge is 0.251 e. The lowest BCUT2D eigenvalue weighted by molar-refractivity contribution is -0.121. The van der Waals surface area contributed by atoms with Gasteiger partial charge < -0.3 is 51.9 Å². The molecule has 4 unspecified atom stereocenters. The van der Waals surface area contributed by atoms with Crippen molar-refractivity contribution < 1.29 is 49.8 Å². The topological polar surface area (TPSA) is 289 Å². The number of hydrogen-bond donors (Lipinski definition) is 12. The van der Waals surface area contributed by atoms with Crippen LogP contribution in [0.5, 0.6) is 0 Å². The van der Waals surface area contributed by atoms with Crippen LogP contribution in [0.25, 0.3) is 22.1 Å². The van der Waals surface area contributed by atoms with Gasteiger partial charge in [-0.3, -0.25) is 29.1 Å². The lowest BCUT2D eigenvalue weighted by Gasteiger charge is -2.14. The van der Waals surface area contributed by atoms with E-state index in [0.29, 0.717) is 108 Å². The summed E-state index contributed by atoms with van der Waals surface area (Å²) in [7, 11) is 0. The van der Waals surface area contributed by atoms with E-state index in [2.05, 4.69) is 66.5 Å². The molecule has 0 aliphatic rings. The van der Waals surface area contributed by atoms with Gasteiger partial charge in [-0.25, -0.2) is 9.97 Å². The van der Waals surface area contributed by atoms with Crippen LogP contribution in [-0.2, 0) is 22.4 Å². The van der Waals surface area contributed by atoms with Crippen molar-refractivity contribution in [3.05, 3.63) is 71.3 Å². The zero-order chi connectivity index (χ0) is 42.5. The highest BCUT2D eigenvalue weighted by atomic mass is 32.1. The van der Waals surface area contributed by atoms with Crippen LogP contribution in [-0.4, -0.2) is 150 Å². The Hall–Kier alpha value is -4.54. The van der Waals surface area contributed by atoms with Crippen molar-refractivity contribution in [2.75, 3.05) is 50.9 Å². The van der Waals surface area contributed by atoms with Crippen LogP contribution < -0.4 is 21.3 Å². The number of aromatic nitrogens is 4. The normalized spacial score (nSPS) is 13.1. The van der Waals surface area contributed by atoms with Crippen molar-refractivity contribution in [3.63, 3.8) is 0 Å². The summed E-state index contributed by atoms with van der Waals surface area (Å²) >= 11 is 8.04. The van der Waals surface area contributed by atoms with E-state index in [4.69, 9.17) is 10.2 Å². The molecule has 10 N–H and O–H groups in total. The van der Waals surface area contributed by atoms with Gasteiger partial charge in [-0.05, 0) is 49.2 Å². The molecule has 20 heteroatoms. The Morgan fingerprint density at radius 1 is 0.552 bits per heavy atom. The van der Waals surface area contributed by atoms with Crippen molar-refractivity contribution in [1.29, 1.82) is 0 Å². The number of hydrogen-bond acceptors (Lipinski definition) is 16. The Labute approximate surface area is 346 Å². The summed E-state index contributed by atoms with van der Waals surface area (Å²) < 4.78 is 0. The molecule has 4 aromatic rings. The van der Waals surface area contributed by atoms with Gasteiger partial charge in [0.1, 0.15) is 12.2 Å². The van der Waals surface area contributed by atoms with E-state index in [1.54, 1.807) is 36.4 Å². The molecule has 0 bridgehead atoms. The predicted molar refractivity (Wildman–Crippen MR) is 222 cm³/mol. The van der Waals surface area contributed by atoms with E-state index in [-0.39, 0.29) is 36.5 Å². The molecule has 2 aromatic carbocycles. The number of rotatable bonds is 22. The number of aliphatic hydroxyl groups excluding tert-OH is 6. The third-order valence-corrected chi connectivity index (χ3v) is 8.86. The summed E-state index contributed by atoms with van der Waals surface area (Å²) in [6.45, 7) is 0.687. The Balaban J connectivity index is 0.000000310. The second kappa shape index (κ2) is 25.7. The molecule has 4 atom stereocenters. The fourth-order valence-corrected chi connectivity index (χ4v) is 5.42. The van der Waals surface area contributed by atoms with E-state index in [9.17, 15) is 39.6 Å². The average Bonchev–Trinajstić information content (AvgIpc) is 3.23. The first-order chi connectivity index (χ1) is 27.9. The summed E-state index contributed by atoms with van der Waals surface area (Å²) in [5.74, 6) is 0.466. The van der Waals surface area contributed by atoms with Gasteiger partial charge in [0.05, 0.1) is 58.9 Å². The molecule has 0 fully saturated rings. The van der Waals surface area contributed by atoms with E-state index in [0.717, 1.165) is 0 Å². The zero-order valence-electron chi connectivity index (χ0n) is 31.8. The standard InChI is InChI=1S/2C19H26N4O5S/c24-11-17(26)16(25)9-13-10-22-15-8-12(3-4-14(15)23-13)19(28)21-5-1-2-18(27)20-6-7-29;24-11-17(26)16(25)9-13-10-22-14-4-3-12(8-15(14)23-13)19(28)21-5-1-2-18(27)20-6-7-29/h2*3-4,8,10,16-17,24-26,29H,1-2,5-7,9,11H2,(H,20,27)(H,21,28). The Morgan fingerprint density at radius 3 is 1.45 bits per heavy atom. The molecule has 4 rings (SSSR count). The molecule has 0 spiro atoms. The number of fused-ring (bicyclic) bond motifs is 2. The maximum absolute atomic E-state index is 12.3. The maximum atomic E-state index is 12.3. The summed E-state index contributed by atoms with van der Waals surface area (Å²) in [6, 6.07) is 9.78. The van der Waals surface area contributed by atoms with Crippen LogP contribution in [0.3, 0.4) is 0 Å². The Bertz CT molecular complexity index is 1950. The Morgan fingerprint density at radius 2 is 0.983 bits per heavy atom. The number of benzene rings is 2. The largest absolute Gasteiger partial charge is 0.394 e. The first-order valence-corrected chi connectivity index (χ1v) is 19.9. The third kappa shape index (κ3) is 16.4. The van der Waals surface area contributed by atoms with E-state index in [1.807, 2.05) is 0 Å². The van der Waals surface area contributed by atoms with Gasteiger partial charge in [0, 0.05) is 86.9 Å². The van der Waals surface area contributed by atoms with Crippen molar-refractivity contribution in [3.8, 4) is 0 Å². The summed E-state index contributed by atoms with van der Waals surface area (Å²) in [5.41, 5.74) is 3.85. The van der Waals surface area contributed by atoms with Crippen molar-refractivity contribution in [2.45, 2.75) is 62.9 Å². The fraction of sp³-hybridized carbons (Fsp3) is 0.474. The molecular weight excluding hydrogens is 793 g/mol. The minimum Gasteiger partial charge on any atom is -0.394 e. The second-order valence-electron chi connectivity index (χ2n) is 13.0. The Kier molecular flexibility index (Phi) is 21.2. The van der Waals surface area contributed by atoms with Crippen LogP contribution in [0, 0.1) is 0 Å². The highest BCUT2D eigenvalue weighted by Crippen LogP contribution is 2.16. The highest BCUT2D eigenvalue weighted by Gasteiger charge is 2.18. The monoisotopic (exact) mass is 844 g/mol. The predicted octanol–water partition coefficient (Wildman–Crippen LogP) is -1.12. The molecule has 316 valence electrons. The lowest BCUT2D eigenvalue weighted by atomic mass is 10.1. The molecular formula is C38H52N8O10S2. The summed E-state index contributed by atoms with van der Waals surface area (Å²) in [4.78, 5) is 64.8. The van der Waals surface area contributed by atoms with E-state index >= 15 is 0 Å². The number of thiol groups is 2. The van der Waals surface area contributed by atoms with Gasteiger partial charge in [-0.1, -0.05) is 0 Å². The van der Waals surface area contributed by atoms with Crippen LogP contribution in [0.4, 0.5) is 0 Å². The van der Waals surface area contributed by atoms with Crippen LogP contribution in [0.1, 0.15) is 57.8 Å². The van der Waals surface area contributed by atoms with Crippen LogP contribution in [0.15, 0.2) is 48.8 Å². The molecule has 58 heavy (non-hydrogen) atoms. The quantitative estimate of drug-likeness (QED) is 0.0330. The minimum atomic E-state index is -1.26. The van der Waals surface area contributed by atoms with Gasteiger partial charge in [-0.2, -0.15) is 25.3 Å². The molecule has 0 saturated heterocycles. The molecule has 2 heterocycles. The average molecular weight is 845 g/mol. The number of carbonyl (C=O) groups excluding carboxylic acids is 4. The number of amides is 4. The van der Waals surface area contributed by atoms with Crippen LogP contribution >= 0.6 is 25.3 Å². The van der Waals surface area contributed by atoms with Gasteiger partial charge in [0.15, 0.2) is 0 Å². The maximum Gasteiger partial charge on any atom is 0.251 e. The highest BCUT2D eigenvalue weighted by molar-refractivity contribution is 7.80. The van der Waals surface area contributed by atoms with Gasteiger partial charge in [0.25, 0.3) is 11.8 Å². The zero-order valence-corrected chi connectivity index (χ0v) is 33.6. The molecule has 0 radical (unpaired) electrons.